The second kappa shape index (κ2) is 26.5. The Morgan fingerprint density at radius 3 is 1.09 bits per heavy atom. The van der Waals surface area contributed by atoms with Crippen LogP contribution in [0.3, 0.4) is 0 Å². The average Bonchev–Trinajstić information content (AvgIpc) is 3.32. The van der Waals surface area contributed by atoms with Crippen molar-refractivity contribution >= 4 is 90.5 Å². The molecule has 0 N–H and O–H groups in total. The maximum atomic E-state index is 12.8. The number of hydrazone groups is 3. The molecule has 0 saturated heterocycles. The first-order chi connectivity index (χ1) is 30.6. The fraction of sp³-hybridized carbons (Fsp3) is 0.308. The summed E-state index contributed by atoms with van der Waals surface area (Å²) in [6, 6.07) is 29.7. The van der Waals surface area contributed by atoms with Crippen molar-refractivity contribution < 1.29 is 45.5 Å². The minimum atomic E-state index is -3.43. The highest BCUT2D eigenvalue weighted by Gasteiger charge is 2.32. The van der Waals surface area contributed by atoms with Gasteiger partial charge in [-0.2, -0.15) is 0 Å². The first-order valence-corrected chi connectivity index (χ1v) is 29.1. The molecule has 4 rings (SSSR count). The highest BCUT2D eigenvalue weighted by Crippen LogP contribution is 2.51. The van der Waals surface area contributed by atoms with Crippen molar-refractivity contribution in [2.75, 3.05) is 75.8 Å². The van der Waals surface area contributed by atoms with Crippen molar-refractivity contribution in [3.63, 3.8) is 0 Å². The molecule has 0 aliphatic rings. The van der Waals surface area contributed by atoms with Crippen LogP contribution in [0.15, 0.2) is 112 Å². The van der Waals surface area contributed by atoms with Crippen molar-refractivity contribution in [1.29, 1.82) is 0 Å². The molecule has 0 saturated carbocycles. The summed E-state index contributed by atoms with van der Waals surface area (Å²) in [5.74, 6) is 2.56. The second-order valence-corrected chi connectivity index (χ2v) is 24.1. The quantitative estimate of drug-likeness (QED) is 0.0315. The molecular formula is C39H51N7O10P5S3+3. The van der Waals surface area contributed by atoms with Gasteiger partial charge in [-0.05, 0) is 114 Å². The Morgan fingerprint density at radius 2 is 0.797 bits per heavy atom. The summed E-state index contributed by atoms with van der Waals surface area (Å²) in [6.45, 7) is 0.377. The molecule has 0 aliphatic carbocycles. The molecule has 0 fully saturated rings. The lowest BCUT2D eigenvalue weighted by molar-refractivity contribution is 0.224. The summed E-state index contributed by atoms with van der Waals surface area (Å²) in [7, 11) is 0.800. The Kier molecular flexibility index (Phi) is 21.9. The summed E-state index contributed by atoms with van der Waals surface area (Å²) in [5, 5.41) is 13.4. The molecule has 3 unspecified atom stereocenters. The number of ether oxygens (including phenoxy) is 1. The van der Waals surface area contributed by atoms with Crippen LogP contribution < -0.4 is 18.3 Å². The summed E-state index contributed by atoms with van der Waals surface area (Å²) < 4.78 is 74.0. The normalized spacial score (nSPS) is 12.7. The van der Waals surface area contributed by atoms with Gasteiger partial charge in [-0.3, -0.25) is 27.6 Å². The smallest absolute Gasteiger partial charge is 0.497 e. The minimum absolute atomic E-state index is 0.0936. The van der Waals surface area contributed by atoms with Crippen LogP contribution in [0.1, 0.15) is 22.3 Å². The van der Waals surface area contributed by atoms with E-state index in [1.54, 1.807) is 66.1 Å². The third-order valence-electron chi connectivity index (χ3n) is 8.76. The van der Waals surface area contributed by atoms with Crippen LogP contribution >= 0.6 is 36.4 Å². The van der Waals surface area contributed by atoms with E-state index >= 15 is 0 Å². The number of rotatable bonds is 27. The topological polar surface area (TPSA) is 158 Å². The molecule has 4 aromatic rings. The molecule has 25 heteroatoms. The molecule has 3 atom stereocenters. The van der Waals surface area contributed by atoms with Crippen molar-refractivity contribution in [1.82, 2.24) is 19.2 Å². The van der Waals surface area contributed by atoms with Gasteiger partial charge in [-0.15, -0.1) is 15.3 Å². The molecule has 0 amide bonds. The Labute approximate surface area is 393 Å². The van der Waals surface area contributed by atoms with Gasteiger partial charge in [-0.25, -0.2) is 0 Å². The maximum absolute atomic E-state index is 12.8. The van der Waals surface area contributed by atoms with Gasteiger partial charge < -0.3 is 22.8 Å². The van der Waals surface area contributed by atoms with E-state index in [0.717, 1.165) is 28.0 Å². The van der Waals surface area contributed by atoms with E-state index in [2.05, 4.69) is 15.3 Å². The molecule has 342 valence electrons. The van der Waals surface area contributed by atoms with E-state index in [-0.39, 0.29) is 12.6 Å². The zero-order valence-corrected chi connectivity index (χ0v) is 43.4. The van der Waals surface area contributed by atoms with Gasteiger partial charge >= 0.3 is 36.4 Å². The molecule has 0 aromatic heterocycles. The fourth-order valence-corrected chi connectivity index (χ4v) is 10.2. The Hall–Kier alpha value is -3.69. The van der Waals surface area contributed by atoms with Crippen LogP contribution in [0.4, 0.5) is 0 Å². The first-order valence-electron chi connectivity index (χ1n) is 19.0. The molecule has 0 spiro atoms. The van der Waals surface area contributed by atoms with Crippen LogP contribution in [-0.4, -0.2) is 114 Å². The zero-order chi connectivity index (χ0) is 46.7. The highest BCUT2D eigenvalue weighted by atomic mass is 32.4. The number of benzene rings is 4. The minimum Gasteiger partial charge on any atom is -0.497 e. The predicted molar refractivity (Wildman–Crippen MR) is 267 cm³/mol. The Morgan fingerprint density at radius 1 is 0.500 bits per heavy atom. The molecule has 0 aliphatic heterocycles. The van der Waals surface area contributed by atoms with Crippen LogP contribution in [-0.2, 0) is 69.1 Å². The monoisotopic (exact) mass is 1030 g/mol. The van der Waals surface area contributed by atoms with Gasteiger partial charge in [0.15, 0.2) is 17.2 Å². The van der Waals surface area contributed by atoms with E-state index in [9.17, 15) is 9.13 Å². The van der Waals surface area contributed by atoms with E-state index in [0.29, 0.717) is 30.2 Å². The molecule has 17 nitrogen and oxygen atoms in total. The van der Waals surface area contributed by atoms with Gasteiger partial charge in [0.05, 0.1) is 46.9 Å². The van der Waals surface area contributed by atoms with Gasteiger partial charge in [0.1, 0.15) is 18.3 Å². The van der Waals surface area contributed by atoms with Gasteiger partial charge in [-0.1, -0.05) is 26.5 Å². The summed E-state index contributed by atoms with van der Waals surface area (Å²) in [5.41, 5.74) is 3.53. The van der Waals surface area contributed by atoms with Crippen LogP contribution in [0, 0.1) is 0 Å². The molecule has 0 bridgehead atoms. The third kappa shape index (κ3) is 17.6. The predicted octanol–water partition coefficient (Wildman–Crippen LogP) is 9.78. The third-order valence-corrected chi connectivity index (χ3v) is 18.1. The van der Waals surface area contributed by atoms with Crippen molar-refractivity contribution in [3.8, 4) is 23.0 Å². The number of nitrogens with zero attached hydrogens (tertiary/aromatic N) is 7. The second-order valence-electron chi connectivity index (χ2n) is 13.1. The molecular weight excluding hydrogens is 978 g/mol. The van der Waals surface area contributed by atoms with E-state index in [1.807, 2.05) is 97.1 Å². The van der Waals surface area contributed by atoms with Crippen LogP contribution in [0.5, 0.6) is 23.0 Å². The molecule has 4 aromatic carbocycles. The maximum Gasteiger partial charge on any atom is 0.540 e. The molecule has 0 radical (unpaired) electrons. The SMILES string of the molecule is COc1ccc(/C=N/N(C)[P+](=S)Oc2ccc(/C=N/N(C)[P+](=S)Oc3ccc(/C=N/N(C)[P+](=S)Oc4ccc(CCN(CP(=O)(OC)OC)CP(=O)(OC)OC)cc4)cc3)cc2)cc1. The highest BCUT2D eigenvalue weighted by molar-refractivity contribution is 8.02. The first kappa shape index (κ1) is 52.9. The number of hydrogen-bond donors (Lipinski definition) is 0. The lowest BCUT2D eigenvalue weighted by atomic mass is 10.1. The van der Waals surface area contributed by atoms with Gasteiger partial charge in [0.2, 0.25) is 35.4 Å². The largest absolute Gasteiger partial charge is 0.540 e. The fourth-order valence-electron chi connectivity index (χ4n) is 5.00. The number of hydrogen-bond acceptors (Lipinski definition) is 17. The molecule has 0 heterocycles. The lowest BCUT2D eigenvalue weighted by Gasteiger charge is -2.27. The Bertz CT molecular complexity index is 2310. The summed E-state index contributed by atoms with van der Waals surface area (Å²) in [4.78, 5) is 1.68. The van der Waals surface area contributed by atoms with E-state index < -0.39 is 36.4 Å². The number of methoxy groups -OCH3 is 1. The van der Waals surface area contributed by atoms with Crippen molar-refractivity contribution in [3.05, 3.63) is 119 Å². The Balaban J connectivity index is 1.21. The van der Waals surface area contributed by atoms with Gasteiger partial charge in [0, 0.05) is 35.0 Å². The average molecular weight is 1030 g/mol. The van der Waals surface area contributed by atoms with Crippen LogP contribution in [0.25, 0.3) is 0 Å². The van der Waals surface area contributed by atoms with E-state index in [1.165, 1.54) is 28.4 Å². The van der Waals surface area contributed by atoms with E-state index in [4.69, 9.17) is 71.8 Å². The molecule has 64 heavy (non-hydrogen) atoms. The van der Waals surface area contributed by atoms with Gasteiger partial charge in [0.25, 0.3) is 0 Å². The van der Waals surface area contributed by atoms with Crippen molar-refractivity contribution in [2.24, 2.45) is 15.3 Å². The summed E-state index contributed by atoms with van der Waals surface area (Å²) in [6.07, 6.45) is 5.43. The summed E-state index contributed by atoms with van der Waals surface area (Å²) >= 11 is 16.8. The zero-order valence-electron chi connectivity index (χ0n) is 36.5. The standard InChI is InChI=1S/C39H51N7O10P5S3/c1-43(40-27-33-11-17-36(49-4)18-12-33)58(63)55-38-21-15-35(16-22-38)29-42-45(3)59(64)56-39-23-13-34(14-24-39)28-41-44(2)57(62)54-37-19-9-32(10-20-37)25-26-46(30-60(47,50-5)51-6)31-61(48,52-7)53-8/h9-24,27-29H,25-26,30-31H2,1-8H3/q+3/b40-27+,41-28+,42-29+. The van der Waals surface area contributed by atoms with Crippen molar-refractivity contribution in [2.45, 2.75) is 6.42 Å². The lowest BCUT2D eigenvalue weighted by Crippen LogP contribution is -2.29. The van der Waals surface area contributed by atoms with Crippen LogP contribution in [0.2, 0.25) is 0 Å².